The molecule has 0 aliphatic heterocycles. The van der Waals surface area contributed by atoms with E-state index in [0.717, 1.165) is 10.5 Å². The van der Waals surface area contributed by atoms with Crippen molar-refractivity contribution in [3.8, 4) is 0 Å². The van der Waals surface area contributed by atoms with Crippen LogP contribution in [0.1, 0.15) is 19.4 Å². The maximum atomic E-state index is 12.4. The summed E-state index contributed by atoms with van der Waals surface area (Å²) in [4.78, 5) is 41.4. The molecule has 0 spiro atoms. The summed E-state index contributed by atoms with van der Waals surface area (Å²) in [5.74, 6) is -1.02. The first kappa shape index (κ1) is 26.8. The van der Waals surface area contributed by atoms with Gasteiger partial charge in [-0.25, -0.2) is 4.79 Å². The average Bonchev–Trinajstić information content (AvgIpc) is 2.77. The fourth-order valence-corrected chi connectivity index (χ4v) is 2.70. The van der Waals surface area contributed by atoms with Crippen LogP contribution in [0, 0.1) is 0 Å². The largest absolute Gasteiger partial charge is 0.400 e. The molecule has 10 nitrogen and oxygen atoms in total. The first-order valence-corrected chi connectivity index (χ1v) is 10.2. The monoisotopic (exact) mass is 483 g/mol. The van der Waals surface area contributed by atoms with Crippen molar-refractivity contribution in [1.29, 1.82) is 0 Å². The van der Waals surface area contributed by atoms with Crippen molar-refractivity contribution in [3.05, 3.63) is 51.3 Å². The topological polar surface area (TPSA) is 141 Å². The fraction of sp³-hybridized carbons (Fsp3) is 0.300. The highest BCUT2D eigenvalue weighted by Crippen LogP contribution is 2.25. The molecule has 6 N–H and O–H groups in total. The van der Waals surface area contributed by atoms with Crippen molar-refractivity contribution in [3.63, 3.8) is 0 Å². The zero-order valence-electron chi connectivity index (χ0n) is 18.5. The normalized spacial score (nSPS) is 12.5. The molecule has 0 saturated carbocycles. The summed E-state index contributed by atoms with van der Waals surface area (Å²) in [7, 11) is 4.18. The first-order chi connectivity index (χ1) is 15.0. The minimum atomic E-state index is -0.685. The number of carbonyl (C=O) groups excluding carboxylic acids is 3. The third kappa shape index (κ3) is 7.47. The Bertz CT molecular complexity index is 970. The van der Waals surface area contributed by atoms with Crippen LogP contribution in [0.5, 0.6) is 0 Å². The van der Waals surface area contributed by atoms with Crippen molar-refractivity contribution in [2.75, 3.05) is 27.7 Å². The molecule has 1 aromatic rings. The smallest absolute Gasteiger partial charge is 0.323 e. The Balaban J connectivity index is 2.82. The number of urea groups is 1. The number of carbonyl (C=O) groups is 3. The number of hydrogen-bond acceptors (Lipinski definition) is 6. The third-order valence-corrected chi connectivity index (χ3v) is 4.85. The van der Waals surface area contributed by atoms with E-state index in [4.69, 9.17) is 28.9 Å². The maximum Gasteiger partial charge on any atom is 0.323 e. The van der Waals surface area contributed by atoms with E-state index in [1.54, 1.807) is 31.2 Å². The number of hydrogen-bond donors (Lipinski definition) is 5. The van der Waals surface area contributed by atoms with Crippen LogP contribution in [0.4, 0.5) is 4.79 Å². The Labute approximate surface area is 196 Å². The highest BCUT2D eigenvalue weighted by atomic mass is 35.5. The number of rotatable bonds is 6. The van der Waals surface area contributed by atoms with Gasteiger partial charge in [-0.3, -0.25) is 24.8 Å². The molecule has 0 radical (unpaired) electrons. The van der Waals surface area contributed by atoms with Crippen LogP contribution in [0.25, 0.3) is 5.70 Å². The average molecular weight is 484 g/mol. The van der Waals surface area contributed by atoms with E-state index in [-0.39, 0.29) is 23.9 Å². The predicted molar refractivity (Wildman–Crippen MR) is 127 cm³/mol. The van der Waals surface area contributed by atoms with Crippen LogP contribution >= 0.6 is 23.2 Å². The molecule has 0 heterocycles. The number of nitrogens with two attached hydrogens (primary N) is 1. The number of allylic oxidation sites excluding steroid dienone is 2. The number of guanidine groups is 1. The molecule has 0 atom stereocenters. The van der Waals surface area contributed by atoms with Crippen molar-refractivity contribution >= 4 is 52.7 Å². The van der Waals surface area contributed by atoms with E-state index in [1.165, 1.54) is 28.1 Å². The minimum Gasteiger partial charge on any atom is -0.400 e. The summed E-state index contributed by atoms with van der Waals surface area (Å²) < 4.78 is 0. The number of likely N-dealkylation sites (N-methyl/N-ethyl adjacent to an activating group) is 1. The second-order valence-corrected chi connectivity index (χ2v) is 7.22. The molecule has 1 aromatic carbocycles. The third-order valence-electron chi connectivity index (χ3n) is 4.11. The Morgan fingerprint density at radius 1 is 1.19 bits per heavy atom. The number of nitrogens with zero attached hydrogens (tertiary/aromatic N) is 2. The van der Waals surface area contributed by atoms with Gasteiger partial charge in [-0.05, 0) is 31.5 Å². The molecule has 12 heteroatoms. The van der Waals surface area contributed by atoms with Crippen LogP contribution in [0.15, 0.2) is 40.7 Å². The maximum absolute atomic E-state index is 12.4. The molecule has 0 fully saturated rings. The lowest BCUT2D eigenvalue weighted by molar-refractivity contribution is -0.123. The molecule has 32 heavy (non-hydrogen) atoms. The van der Waals surface area contributed by atoms with E-state index in [0.29, 0.717) is 15.7 Å². The van der Waals surface area contributed by atoms with Gasteiger partial charge in [0.2, 0.25) is 11.9 Å². The van der Waals surface area contributed by atoms with Crippen molar-refractivity contribution in [1.82, 2.24) is 26.2 Å². The Kier molecular flexibility index (Phi) is 10.5. The number of amides is 4. The second kappa shape index (κ2) is 12.6. The molecule has 1 rings (SSSR count). The van der Waals surface area contributed by atoms with Crippen LogP contribution in [0.2, 0.25) is 10.0 Å². The van der Waals surface area contributed by atoms with Crippen LogP contribution < -0.4 is 27.0 Å². The molecule has 0 bridgehead atoms. The molecule has 0 aliphatic carbocycles. The molecular weight excluding hydrogens is 457 g/mol. The summed E-state index contributed by atoms with van der Waals surface area (Å²) in [6.07, 6.45) is 1.78. The van der Waals surface area contributed by atoms with Crippen molar-refractivity contribution in [2.24, 2.45) is 10.7 Å². The van der Waals surface area contributed by atoms with Gasteiger partial charge in [0.1, 0.15) is 5.70 Å². The highest BCUT2D eigenvalue weighted by molar-refractivity contribution is 6.42. The van der Waals surface area contributed by atoms with E-state index in [9.17, 15) is 14.4 Å². The standard InChI is InChI=1S/C20H27Cl2N7O3/c1-6-15(12-7-8-13(21)14(22)9-12)27-19(24-3)28-16(30)10-26-17(11(2)23)18(31)29(5)20(32)25-4/h6-9,26H,10,23H2,1-5H3,(H,25,32)(H2,24,27,28,30)/b15-6-,17-11-. The van der Waals surface area contributed by atoms with Crippen LogP contribution in [-0.2, 0) is 9.59 Å². The lowest BCUT2D eigenvalue weighted by Crippen LogP contribution is -2.47. The van der Waals surface area contributed by atoms with E-state index >= 15 is 0 Å². The van der Waals surface area contributed by atoms with E-state index < -0.39 is 17.8 Å². The Morgan fingerprint density at radius 2 is 1.84 bits per heavy atom. The summed E-state index contributed by atoms with van der Waals surface area (Å²) >= 11 is 12.0. The van der Waals surface area contributed by atoms with Crippen molar-refractivity contribution in [2.45, 2.75) is 13.8 Å². The van der Waals surface area contributed by atoms with Gasteiger partial charge in [-0.15, -0.1) is 0 Å². The quantitative estimate of drug-likeness (QED) is 0.236. The molecule has 4 amide bonds. The van der Waals surface area contributed by atoms with Crippen LogP contribution in [0.3, 0.4) is 0 Å². The number of nitrogens with one attached hydrogen (secondary N) is 4. The zero-order valence-corrected chi connectivity index (χ0v) is 20.0. The number of aliphatic imine (C=N–C) groups is 1. The van der Waals surface area contributed by atoms with Gasteiger partial charge in [0.15, 0.2) is 0 Å². The zero-order chi connectivity index (χ0) is 24.4. The lowest BCUT2D eigenvalue weighted by atomic mass is 10.1. The summed E-state index contributed by atoms with van der Waals surface area (Å²) in [5.41, 5.74) is 7.17. The predicted octanol–water partition coefficient (Wildman–Crippen LogP) is 1.62. The summed E-state index contributed by atoms with van der Waals surface area (Å²) in [6, 6.07) is 4.48. The molecule has 0 aliphatic rings. The van der Waals surface area contributed by atoms with Gasteiger partial charge in [0.05, 0.1) is 16.6 Å². The molecule has 0 saturated heterocycles. The molecular formula is C20H27Cl2N7O3. The first-order valence-electron chi connectivity index (χ1n) is 9.41. The Morgan fingerprint density at radius 3 is 2.34 bits per heavy atom. The van der Waals surface area contributed by atoms with Gasteiger partial charge in [0, 0.05) is 32.5 Å². The minimum absolute atomic E-state index is 0.0702. The van der Waals surface area contributed by atoms with Gasteiger partial charge < -0.3 is 21.7 Å². The highest BCUT2D eigenvalue weighted by Gasteiger charge is 2.22. The fourth-order valence-electron chi connectivity index (χ4n) is 2.40. The van der Waals surface area contributed by atoms with Gasteiger partial charge in [0.25, 0.3) is 5.91 Å². The number of halogens is 2. The van der Waals surface area contributed by atoms with Gasteiger partial charge >= 0.3 is 6.03 Å². The van der Waals surface area contributed by atoms with Gasteiger partial charge in [-0.1, -0.05) is 35.3 Å². The van der Waals surface area contributed by atoms with Gasteiger partial charge in [-0.2, -0.15) is 0 Å². The summed E-state index contributed by atoms with van der Waals surface area (Å²) in [6.45, 7) is 2.99. The number of imide groups is 1. The summed E-state index contributed by atoms with van der Waals surface area (Å²) in [5, 5.41) is 11.4. The Hall–Kier alpha value is -3.24. The molecule has 174 valence electrons. The molecule has 0 unspecified atom stereocenters. The van der Waals surface area contributed by atoms with Crippen LogP contribution in [-0.4, -0.2) is 56.4 Å². The lowest BCUT2D eigenvalue weighted by Gasteiger charge is -2.19. The van der Waals surface area contributed by atoms with E-state index in [1.807, 2.05) is 0 Å². The SMILES string of the molecule is C/C=C(\NC(=NC)NC(=O)CN/C(C(=O)N(C)C(=O)NC)=C(/C)N)c1ccc(Cl)c(Cl)c1. The van der Waals surface area contributed by atoms with Crippen molar-refractivity contribution < 1.29 is 14.4 Å². The molecule has 0 aromatic heterocycles. The number of benzene rings is 1. The second-order valence-electron chi connectivity index (χ2n) is 6.41. The van der Waals surface area contributed by atoms with E-state index in [2.05, 4.69) is 26.3 Å².